The van der Waals surface area contributed by atoms with Gasteiger partial charge < -0.3 is 14.9 Å². The Labute approximate surface area is 81.8 Å². The number of phenolic OH excluding ortho intramolecular Hbond substituents is 1. The van der Waals surface area contributed by atoms with E-state index in [1.54, 1.807) is 12.1 Å². The van der Waals surface area contributed by atoms with Gasteiger partial charge in [-0.1, -0.05) is 12.1 Å². The van der Waals surface area contributed by atoms with Crippen molar-refractivity contribution in [3.05, 3.63) is 29.8 Å². The predicted molar refractivity (Wildman–Crippen MR) is 49.8 cm³/mol. The van der Waals surface area contributed by atoms with Gasteiger partial charge in [-0.3, -0.25) is 0 Å². The molecule has 0 saturated carbocycles. The monoisotopic (exact) mass is 196 g/mol. The smallest absolute Gasteiger partial charge is 0.335 e. The molecule has 76 valence electrons. The number of benzene rings is 1. The van der Waals surface area contributed by atoms with Gasteiger partial charge in [0.2, 0.25) is 0 Å². The van der Waals surface area contributed by atoms with Crippen LogP contribution in [0.15, 0.2) is 24.3 Å². The first-order chi connectivity index (χ1) is 6.63. The molecule has 2 N–H and O–H groups in total. The van der Waals surface area contributed by atoms with Crippen LogP contribution in [0.1, 0.15) is 5.56 Å². The fourth-order valence-electron chi connectivity index (χ4n) is 1.07. The number of aliphatic hydroxyl groups excluding tert-OH is 1. The first kappa shape index (κ1) is 10.5. The molecule has 0 fully saturated rings. The van der Waals surface area contributed by atoms with E-state index in [0.29, 0.717) is 0 Å². The van der Waals surface area contributed by atoms with Crippen molar-refractivity contribution in [1.82, 2.24) is 0 Å². The molecule has 4 nitrogen and oxygen atoms in total. The van der Waals surface area contributed by atoms with Gasteiger partial charge in [-0.2, -0.15) is 0 Å². The SMILES string of the molecule is COC(=O)[C@H](O)Cc1ccc(O)cc1. The average Bonchev–Trinajstić information content (AvgIpc) is 2.20. The third-order valence-corrected chi connectivity index (χ3v) is 1.84. The summed E-state index contributed by atoms with van der Waals surface area (Å²) in [7, 11) is 1.22. The molecule has 1 aromatic carbocycles. The van der Waals surface area contributed by atoms with E-state index >= 15 is 0 Å². The van der Waals surface area contributed by atoms with Crippen molar-refractivity contribution in [2.75, 3.05) is 7.11 Å². The topological polar surface area (TPSA) is 66.8 Å². The summed E-state index contributed by atoms with van der Waals surface area (Å²) < 4.78 is 4.37. The lowest BCUT2D eigenvalue weighted by Gasteiger charge is -2.07. The fraction of sp³-hybridized carbons (Fsp3) is 0.300. The molecule has 0 unspecified atom stereocenters. The van der Waals surface area contributed by atoms with Crippen LogP contribution in [0.2, 0.25) is 0 Å². The Morgan fingerprint density at radius 2 is 2.00 bits per heavy atom. The lowest BCUT2D eigenvalue weighted by atomic mass is 10.1. The minimum Gasteiger partial charge on any atom is -0.508 e. The van der Waals surface area contributed by atoms with E-state index in [0.717, 1.165) is 5.56 Å². The molecule has 0 heterocycles. The van der Waals surface area contributed by atoms with E-state index in [4.69, 9.17) is 5.11 Å². The molecule has 0 aliphatic rings. The highest BCUT2D eigenvalue weighted by Gasteiger charge is 2.15. The highest BCUT2D eigenvalue weighted by atomic mass is 16.5. The van der Waals surface area contributed by atoms with E-state index < -0.39 is 12.1 Å². The second kappa shape index (κ2) is 4.62. The Morgan fingerprint density at radius 1 is 1.43 bits per heavy atom. The number of rotatable bonds is 3. The van der Waals surface area contributed by atoms with Crippen molar-refractivity contribution in [1.29, 1.82) is 0 Å². The first-order valence-electron chi connectivity index (χ1n) is 4.17. The number of hydrogen-bond acceptors (Lipinski definition) is 4. The Hall–Kier alpha value is -1.55. The molecule has 0 amide bonds. The zero-order chi connectivity index (χ0) is 10.6. The summed E-state index contributed by atoms with van der Waals surface area (Å²) in [5.74, 6) is -0.501. The van der Waals surface area contributed by atoms with Crippen LogP contribution in [0.5, 0.6) is 5.75 Å². The molecule has 1 aromatic rings. The highest BCUT2D eigenvalue weighted by molar-refractivity contribution is 5.74. The van der Waals surface area contributed by atoms with Gasteiger partial charge in [0.25, 0.3) is 0 Å². The summed E-state index contributed by atoms with van der Waals surface area (Å²) in [6.45, 7) is 0. The maximum Gasteiger partial charge on any atom is 0.335 e. The number of esters is 1. The van der Waals surface area contributed by atoms with E-state index in [9.17, 15) is 9.90 Å². The molecule has 0 aliphatic heterocycles. The van der Waals surface area contributed by atoms with Crippen LogP contribution in [0.25, 0.3) is 0 Å². The Morgan fingerprint density at radius 3 is 2.50 bits per heavy atom. The number of carbonyl (C=O) groups excluding carboxylic acids is 1. The second-order valence-electron chi connectivity index (χ2n) is 2.91. The number of hydrogen-bond donors (Lipinski definition) is 2. The third kappa shape index (κ3) is 2.74. The maximum absolute atomic E-state index is 10.9. The molecule has 4 heteroatoms. The van der Waals surface area contributed by atoms with Gasteiger partial charge in [0.05, 0.1) is 7.11 Å². The molecule has 0 aliphatic carbocycles. The van der Waals surface area contributed by atoms with Gasteiger partial charge in [-0.05, 0) is 17.7 Å². The quantitative estimate of drug-likeness (QED) is 0.689. The summed E-state index contributed by atoms with van der Waals surface area (Å²) in [6.07, 6.45) is -0.961. The standard InChI is InChI=1S/C10H12O4/c1-14-10(13)9(12)6-7-2-4-8(11)5-3-7/h2-5,9,11-12H,6H2,1H3/t9-/m1/s1. The van der Waals surface area contributed by atoms with Gasteiger partial charge in [0.15, 0.2) is 6.10 Å². The Balaban J connectivity index is 2.60. The van der Waals surface area contributed by atoms with Gasteiger partial charge in [0, 0.05) is 6.42 Å². The second-order valence-corrected chi connectivity index (χ2v) is 2.91. The van der Waals surface area contributed by atoms with E-state index in [1.165, 1.54) is 19.2 Å². The number of ether oxygens (including phenoxy) is 1. The zero-order valence-corrected chi connectivity index (χ0v) is 7.80. The van der Waals surface area contributed by atoms with Crippen LogP contribution in [0, 0.1) is 0 Å². The number of phenols is 1. The largest absolute Gasteiger partial charge is 0.508 e. The van der Waals surface area contributed by atoms with Crippen molar-refractivity contribution in [2.24, 2.45) is 0 Å². The third-order valence-electron chi connectivity index (χ3n) is 1.84. The lowest BCUT2D eigenvalue weighted by molar-refractivity contribution is -0.150. The molecule has 0 aromatic heterocycles. The van der Waals surface area contributed by atoms with Crippen LogP contribution in [-0.2, 0) is 16.0 Å². The van der Waals surface area contributed by atoms with Crippen LogP contribution >= 0.6 is 0 Å². The van der Waals surface area contributed by atoms with Crippen LogP contribution in [0.4, 0.5) is 0 Å². The van der Waals surface area contributed by atoms with Crippen LogP contribution < -0.4 is 0 Å². The molecular formula is C10H12O4. The van der Waals surface area contributed by atoms with Gasteiger partial charge >= 0.3 is 5.97 Å². The Kier molecular flexibility index (Phi) is 3.48. The van der Waals surface area contributed by atoms with Crippen molar-refractivity contribution in [2.45, 2.75) is 12.5 Å². The molecule has 14 heavy (non-hydrogen) atoms. The molecule has 0 radical (unpaired) electrons. The predicted octanol–water partition coefficient (Wildman–Crippen LogP) is 0.469. The van der Waals surface area contributed by atoms with Gasteiger partial charge in [0.1, 0.15) is 5.75 Å². The highest BCUT2D eigenvalue weighted by Crippen LogP contribution is 2.11. The van der Waals surface area contributed by atoms with Gasteiger partial charge in [-0.15, -0.1) is 0 Å². The average molecular weight is 196 g/mol. The number of carbonyl (C=O) groups is 1. The van der Waals surface area contributed by atoms with Crippen molar-refractivity contribution in [3.63, 3.8) is 0 Å². The fourth-order valence-corrected chi connectivity index (χ4v) is 1.07. The van der Waals surface area contributed by atoms with E-state index in [-0.39, 0.29) is 12.2 Å². The number of aliphatic hydroxyl groups is 1. The zero-order valence-electron chi connectivity index (χ0n) is 7.80. The maximum atomic E-state index is 10.9. The summed E-state index contributed by atoms with van der Waals surface area (Å²) in [4.78, 5) is 10.9. The molecule has 0 spiro atoms. The molecule has 1 atom stereocenters. The molecule has 0 bridgehead atoms. The normalized spacial score (nSPS) is 12.1. The van der Waals surface area contributed by atoms with Crippen molar-refractivity contribution in [3.8, 4) is 5.75 Å². The summed E-state index contributed by atoms with van der Waals surface area (Å²) in [6, 6.07) is 6.28. The van der Waals surface area contributed by atoms with Gasteiger partial charge in [-0.25, -0.2) is 4.79 Å². The minimum atomic E-state index is -1.15. The summed E-state index contributed by atoms with van der Waals surface area (Å²) in [5.41, 5.74) is 0.765. The molecular weight excluding hydrogens is 184 g/mol. The summed E-state index contributed by atoms with van der Waals surface area (Å²) >= 11 is 0. The molecule has 0 saturated heterocycles. The van der Waals surface area contributed by atoms with Crippen LogP contribution in [-0.4, -0.2) is 29.4 Å². The van der Waals surface area contributed by atoms with E-state index in [1.807, 2.05) is 0 Å². The van der Waals surface area contributed by atoms with Crippen LogP contribution in [0.3, 0.4) is 0 Å². The van der Waals surface area contributed by atoms with Crippen molar-refractivity contribution >= 4 is 5.97 Å². The number of aromatic hydroxyl groups is 1. The first-order valence-corrected chi connectivity index (χ1v) is 4.17. The van der Waals surface area contributed by atoms with Crippen molar-refractivity contribution < 1.29 is 19.7 Å². The minimum absolute atomic E-state index is 0.154. The van der Waals surface area contributed by atoms with E-state index in [2.05, 4.69) is 4.74 Å². The summed E-state index contributed by atoms with van der Waals surface area (Å²) in [5, 5.41) is 18.3. The molecule has 1 rings (SSSR count). The number of methoxy groups -OCH3 is 1. The Bertz CT molecular complexity index is 304. The lowest BCUT2D eigenvalue weighted by Crippen LogP contribution is -2.23.